The fourth-order valence-electron chi connectivity index (χ4n) is 4.17. The molecule has 0 bridgehead atoms. The first-order valence-corrected chi connectivity index (χ1v) is 13.6. The van der Waals surface area contributed by atoms with Crippen LogP contribution in [0.4, 0.5) is 4.79 Å². The molecule has 0 aromatic heterocycles. The monoisotopic (exact) mass is 485 g/mol. The number of aliphatic carboxylic acids is 1. The minimum atomic E-state index is -2.71. The lowest BCUT2D eigenvalue weighted by Crippen LogP contribution is -2.66. The van der Waals surface area contributed by atoms with Gasteiger partial charge in [-0.15, -0.1) is 0 Å². The maximum atomic E-state index is 12.2. The van der Waals surface area contributed by atoms with Crippen LogP contribution < -0.4 is 15.7 Å². The van der Waals surface area contributed by atoms with Gasteiger partial charge in [-0.1, -0.05) is 88.4 Å². The lowest BCUT2D eigenvalue weighted by atomic mass is 10.0. The number of hydrogen-bond donors (Lipinski definition) is 2. The number of carbonyl (C=O) groups excluding carboxylic acids is 1. The van der Waals surface area contributed by atoms with Gasteiger partial charge in [-0.3, -0.25) is 0 Å². The van der Waals surface area contributed by atoms with Crippen LogP contribution in [-0.4, -0.2) is 43.7 Å². The SMILES string of the molecule is C[C@@H](CO[Si](c1ccccc1)(c1ccccc1)C(C)(C)C)C[C@H](NC(=O)OC(C)(C)C)C(=O)O. The van der Waals surface area contributed by atoms with Gasteiger partial charge in [-0.05, 0) is 48.5 Å². The molecule has 2 aromatic rings. The molecule has 7 heteroatoms. The second-order valence-electron chi connectivity index (χ2n) is 10.9. The number of nitrogens with one attached hydrogen (secondary N) is 1. The third-order valence-corrected chi connectivity index (χ3v) is 10.6. The number of carboxylic acid groups (broad SMARTS) is 1. The largest absolute Gasteiger partial charge is 0.480 e. The van der Waals surface area contributed by atoms with Gasteiger partial charge in [-0.25, -0.2) is 9.59 Å². The molecule has 0 saturated carbocycles. The van der Waals surface area contributed by atoms with Crippen LogP contribution in [0, 0.1) is 5.92 Å². The first-order chi connectivity index (χ1) is 15.8. The molecule has 0 unspecified atom stereocenters. The van der Waals surface area contributed by atoms with Gasteiger partial charge in [-0.2, -0.15) is 0 Å². The summed E-state index contributed by atoms with van der Waals surface area (Å²) < 4.78 is 12.1. The van der Waals surface area contributed by atoms with Crippen LogP contribution in [0.3, 0.4) is 0 Å². The van der Waals surface area contributed by atoms with Crippen molar-refractivity contribution in [1.29, 1.82) is 0 Å². The summed E-state index contributed by atoms with van der Waals surface area (Å²) in [6.07, 6.45) is -0.507. The van der Waals surface area contributed by atoms with E-state index in [9.17, 15) is 14.7 Å². The van der Waals surface area contributed by atoms with E-state index in [2.05, 4.69) is 50.4 Å². The molecule has 0 fully saturated rings. The molecule has 2 N–H and O–H groups in total. The Labute approximate surface area is 204 Å². The molecule has 0 spiro atoms. The van der Waals surface area contributed by atoms with E-state index in [4.69, 9.17) is 9.16 Å². The molecule has 0 aliphatic carbocycles. The molecule has 0 aliphatic rings. The van der Waals surface area contributed by atoms with Crippen LogP contribution in [0.25, 0.3) is 0 Å². The number of hydrogen-bond acceptors (Lipinski definition) is 4. The normalized spacial score (nSPS) is 14.2. The summed E-state index contributed by atoms with van der Waals surface area (Å²) in [6.45, 7) is 14.1. The maximum absolute atomic E-state index is 12.2. The van der Waals surface area contributed by atoms with E-state index in [0.29, 0.717) is 6.61 Å². The van der Waals surface area contributed by atoms with Crippen LogP contribution >= 0.6 is 0 Å². The number of alkyl carbamates (subject to hydrolysis) is 1. The number of carboxylic acids is 1. The Kier molecular flexibility index (Phi) is 9.08. The molecule has 1 amide bonds. The number of ether oxygens (including phenoxy) is 1. The fraction of sp³-hybridized carbons (Fsp3) is 0.481. The van der Waals surface area contributed by atoms with Crippen LogP contribution in [0.5, 0.6) is 0 Å². The Morgan fingerprint density at radius 1 is 0.912 bits per heavy atom. The molecule has 2 atom stereocenters. The summed E-state index contributed by atoms with van der Waals surface area (Å²) in [5.41, 5.74) is -0.703. The van der Waals surface area contributed by atoms with Gasteiger partial charge in [0.15, 0.2) is 0 Å². The van der Waals surface area contributed by atoms with E-state index < -0.39 is 32.0 Å². The predicted octanol–water partition coefficient (Wildman–Crippen LogP) is 4.57. The Hall–Kier alpha value is -2.64. The molecule has 0 heterocycles. The zero-order chi connectivity index (χ0) is 25.6. The highest BCUT2D eigenvalue weighted by Crippen LogP contribution is 2.37. The Bertz CT molecular complexity index is 895. The van der Waals surface area contributed by atoms with Crippen molar-refractivity contribution in [2.45, 2.75) is 71.6 Å². The van der Waals surface area contributed by atoms with Gasteiger partial charge in [0.2, 0.25) is 0 Å². The van der Waals surface area contributed by atoms with Gasteiger partial charge in [0.25, 0.3) is 8.32 Å². The van der Waals surface area contributed by atoms with E-state index in [1.54, 1.807) is 20.8 Å². The first-order valence-electron chi connectivity index (χ1n) is 11.7. The smallest absolute Gasteiger partial charge is 0.408 e. The molecule has 186 valence electrons. The highest BCUT2D eigenvalue weighted by molar-refractivity contribution is 6.99. The van der Waals surface area contributed by atoms with Crippen molar-refractivity contribution in [3.63, 3.8) is 0 Å². The third-order valence-electron chi connectivity index (χ3n) is 5.63. The van der Waals surface area contributed by atoms with E-state index >= 15 is 0 Å². The van der Waals surface area contributed by atoms with Crippen LogP contribution in [0.15, 0.2) is 60.7 Å². The summed E-state index contributed by atoms with van der Waals surface area (Å²) >= 11 is 0. The fourth-order valence-corrected chi connectivity index (χ4v) is 8.86. The second-order valence-corrected chi connectivity index (χ2v) is 15.2. The average Bonchev–Trinajstić information content (AvgIpc) is 2.73. The lowest BCUT2D eigenvalue weighted by Gasteiger charge is -2.43. The standard InChI is InChI=1S/C27H39NO5Si/c1-20(18-23(24(29)30)28-25(31)33-26(2,3)4)19-32-34(27(5,6)7,21-14-10-8-11-15-21)22-16-12-9-13-17-22/h8-17,20,23H,18-19H2,1-7H3,(H,28,31)(H,29,30)/t20-,23+/m1/s1. The molecule has 2 rings (SSSR count). The highest BCUT2D eigenvalue weighted by atomic mass is 28.4. The van der Waals surface area contributed by atoms with Gasteiger partial charge in [0.1, 0.15) is 11.6 Å². The number of benzene rings is 2. The van der Waals surface area contributed by atoms with Crippen molar-refractivity contribution in [1.82, 2.24) is 5.32 Å². The Balaban J connectivity index is 2.27. The van der Waals surface area contributed by atoms with Crippen molar-refractivity contribution in [3.05, 3.63) is 60.7 Å². The zero-order valence-corrected chi connectivity index (χ0v) is 22.4. The maximum Gasteiger partial charge on any atom is 0.408 e. The summed E-state index contributed by atoms with van der Waals surface area (Å²) in [6, 6.07) is 19.6. The van der Waals surface area contributed by atoms with Crippen LogP contribution in [-0.2, 0) is 14.0 Å². The molecule has 0 saturated heterocycles. The van der Waals surface area contributed by atoms with Gasteiger partial charge >= 0.3 is 12.1 Å². The van der Waals surface area contributed by atoms with Crippen LogP contribution in [0.1, 0.15) is 54.9 Å². The third kappa shape index (κ3) is 7.18. The van der Waals surface area contributed by atoms with Crippen molar-refractivity contribution < 1.29 is 23.9 Å². The molecular weight excluding hydrogens is 446 g/mol. The molecule has 0 aliphatic heterocycles. The van der Waals surface area contributed by atoms with E-state index in [-0.39, 0.29) is 17.4 Å². The first kappa shape index (κ1) is 27.6. The Morgan fingerprint density at radius 3 is 1.76 bits per heavy atom. The minimum absolute atomic E-state index is 0.113. The van der Waals surface area contributed by atoms with E-state index in [1.165, 1.54) is 10.4 Å². The predicted molar refractivity (Wildman–Crippen MR) is 138 cm³/mol. The summed E-state index contributed by atoms with van der Waals surface area (Å²) in [7, 11) is -2.71. The topological polar surface area (TPSA) is 84.9 Å². The molecule has 0 radical (unpaired) electrons. The number of rotatable bonds is 9. The molecule has 2 aromatic carbocycles. The van der Waals surface area contributed by atoms with Crippen molar-refractivity contribution >= 4 is 30.8 Å². The Morgan fingerprint density at radius 2 is 1.38 bits per heavy atom. The van der Waals surface area contributed by atoms with Crippen LogP contribution in [0.2, 0.25) is 5.04 Å². The van der Waals surface area contributed by atoms with Gasteiger partial charge in [0.05, 0.1) is 0 Å². The number of amides is 1. The quantitative estimate of drug-likeness (QED) is 0.509. The van der Waals surface area contributed by atoms with E-state index in [1.807, 2.05) is 43.3 Å². The molecule has 34 heavy (non-hydrogen) atoms. The summed E-state index contributed by atoms with van der Waals surface area (Å²) in [5, 5.41) is 14.3. The zero-order valence-electron chi connectivity index (χ0n) is 21.4. The van der Waals surface area contributed by atoms with Crippen molar-refractivity contribution in [2.75, 3.05) is 6.61 Å². The second kappa shape index (κ2) is 11.2. The van der Waals surface area contributed by atoms with E-state index in [0.717, 1.165) is 0 Å². The van der Waals surface area contributed by atoms with Crippen molar-refractivity contribution in [3.8, 4) is 0 Å². The summed E-state index contributed by atoms with van der Waals surface area (Å²) in [4.78, 5) is 24.0. The van der Waals surface area contributed by atoms with Gasteiger partial charge in [0, 0.05) is 6.61 Å². The van der Waals surface area contributed by atoms with Gasteiger partial charge < -0.3 is 19.6 Å². The number of carbonyl (C=O) groups is 2. The molecular formula is C27H39NO5Si. The highest BCUT2D eigenvalue weighted by Gasteiger charge is 2.50. The summed E-state index contributed by atoms with van der Waals surface area (Å²) in [5.74, 6) is -1.21. The molecule has 6 nitrogen and oxygen atoms in total. The lowest BCUT2D eigenvalue weighted by molar-refractivity contribution is -0.140. The van der Waals surface area contributed by atoms with Crippen molar-refractivity contribution in [2.24, 2.45) is 5.92 Å². The average molecular weight is 486 g/mol. The minimum Gasteiger partial charge on any atom is -0.480 e.